The van der Waals surface area contributed by atoms with Crippen molar-refractivity contribution < 1.29 is 13.9 Å². The van der Waals surface area contributed by atoms with Crippen LogP contribution in [0.5, 0.6) is 0 Å². The van der Waals surface area contributed by atoms with E-state index in [2.05, 4.69) is 0 Å². The van der Waals surface area contributed by atoms with Crippen LogP contribution >= 0.6 is 0 Å². The van der Waals surface area contributed by atoms with E-state index in [1.165, 1.54) is 6.92 Å². The molecule has 0 radical (unpaired) electrons. The minimum atomic E-state index is -1.10. The summed E-state index contributed by atoms with van der Waals surface area (Å²) in [5.41, 5.74) is -1.80. The van der Waals surface area contributed by atoms with Crippen molar-refractivity contribution in [3.8, 4) is 6.07 Å². The molecular formula is C13H13F2NO. The lowest BCUT2D eigenvalue weighted by molar-refractivity contribution is -0.0566. The third-order valence-electron chi connectivity index (χ3n) is 3.34. The number of rotatable bonds is 1. The average Bonchev–Trinajstić information content (AvgIpc) is 2.19. The first kappa shape index (κ1) is 12.0. The Balaban J connectivity index is 2.48. The van der Waals surface area contributed by atoms with Gasteiger partial charge in [0.1, 0.15) is 11.6 Å². The maximum Gasteiger partial charge on any atom is 0.128 e. The normalized spacial score (nSPS) is 31.8. The highest BCUT2D eigenvalue weighted by Crippen LogP contribution is 2.50. The molecule has 1 fully saturated rings. The number of nitrogens with zero attached hydrogens (tertiary/aromatic N) is 1. The van der Waals surface area contributed by atoms with E-state index in [1.54, 1.807) is 6.92 Å². The number of aliphatic hydroxyl groups is 1. The molecule has 1 aromatic rings. The summed E-state index contributed by atoms with van der Waals surface area (Å²) >= 11 is 0. The van der Waals surface area contributed by atoms with E-state index < -0.39 is 22.7 Å². The highest BCUT2D eigenvalue weighted by Gasteiger charge is 2.54. The fourth-order valence-corrected chi connectivity index (χ4v) is 2.59. The van der Waals surface area contributed by atoms with E-state index >= 15 is 0 Å². The zero-order valence-corrected chi connectivity index (χ0v) is 9.72. The van der Waals surface area contributed by atoms with Gasteiger partial charge in [-0.15, -0.1) is 0 Å². The highest BCUT2D eigenvalue weighted by atomic mass is 19.1. The second kappa shape index (κ2) is 3.51. The van der Waals surface area contributed by atoms with Gasteiger partial charge >= 0.3 is 0 Å². The van der Waals surface area contributed by atoms with Crippen LogP contribution in [0.25, 0.3) is 0 Å². The van der Waals surface area contributed by atoms with Crippen LogP contribution in [0.1, 0.15) is 30.9 Å². The SMILES string of the molecule is Cc1cc(F)c(C2(C#N)CC(C)(O)C2)cc1F. The Hall–Kier alpha value is -1.47. The van der Waals surface area contributed by atoms with Crippen molar-refractivity contribution in [3.05, 3.63) is 34.9 Å². The maximum atomic E-state index is 13.8. The molecule has 0 saturated heterocycles. The van der Waals surface area contributed by atoms with Crippen molar-refractivity contribution in [2.24, 2.45) is 0 Å². The second-order valence-electron chi connectivity index (χ2n) is 5.13. The van der Waals surface area contributed by atoms with Gasteiger partial charge in [0.2, 0.25) is 0 Å². The average molecular weight is 237 g/mol. The molecule has 0 amide bonds. The Morgan fingerprint density at radius 1 is 1.29 bits per heavy atom. The Morgan fingerprint density at radius 2 is 1.88 bits per heavy atom. The van der Waals surface area contributed by atoms with Gasteiger partial charge in [-0.3, -0.25) is 0 Å². The van der Waals surface area contributed by atoms with E-state index in [9.17, 15) is 13.9 Å². The van der Waals surface area contributed by atoms with E-state index in [0.717, 1.165) is 12.1 Å². The molecule has 1 aliphatic rings. The van der Waals surface area contributed by atoms with Gasteiger partial charge in [-0.2, -0.15) is 5.26 Å². The van der Waals surface area contributed by atoms with Crippen molar-refractivity contribution in [2.75, 3.05) is 0 Å². The number of hydrogen-bond acceptors (Lipinski definition) is 2. The maximum absolute atomic E-state index is 13.8. The lowest BCUT2D eigenvalue weighted by Crippen LogP contribution is -2.52. The first-order valence-corrected chi connectivity index (χ1v) is 5.39. The molecule has 4 heteroatoms. The van der Waals surface area contributed by atoms with Gasteiger partial charge in [-0.25, -0.2) is 8.78 Å². The molecule has 2 rings (SSSR count). The van der Waals surface area contributed by atoms with Crippen LogP contribution in [0.3, 0.4) is 0 Å². The van der Waals surface area contributed by atoms with Crippen LogP contribution < -0.4 is 0 Å². The topological polar surface area (TPSA) is 44.0 Å². The molecule has 0 spiro atoms. The summed E-state index contributed by atoms with van der Waals surface area (Å²) in [6.07, 6.45) is 0.270. The molecular weight excluding hydrogens is 224 g/mol. The van der Waals surface area contributed by atoms with Crippen molar-refractivity contribution in [1.29, 1.82) is 5.26 Å². The van der Waals surface area contributed by atoms with Crippen molar-refractivity contribution in [3.63, 3.8) is 0 Å². The lowest BCUT2D eigenvalue weighted by atomic mass is 9.57. The summed E-state index contributed by atoms with van der Waals surface area (Å²) in [5.74, 6) is -1.11. The van der Waals surface area contributed by atoms with Crippen LogP contribution in [0.2, 0.25) is 0 Å². The van der Waals surface area contributed by atoms with Crippen molar-refractivity contribution in [1.82, 2.24) is 0 Å². The molecule has 0 atom stereocenters. The van der Waals surface area contributed by atoms with Gasteiger partial charge < -0.3 is 5.11 Å². The minimum Gasteiger partial charge on any atom is -0.390 e. The third kappa shape index (κ3) is 1.81. The second-order valence-corrected chi connectivity index (χ2v) is 5.13. The fourth-order valence-electron chi connectivity index (χ4n) is 2.59. The summed E-state index contributed by atoms with van der Waals surface area (Å²) in [5, 5.41) is 18.8. The predicted octanol–water partition coefficient (Wildman–Crippen LogP) is 2.58. The number of aryl methyl sites for hydroxylation is 1. The number of hydrogen-bond donors (Lipinski definition) is 1. The number of benzene rings is 1. The van der Waals surface area contributed by atoms with Gasteiger partial charge in [-0.1, -0.05) is 0 Å². The van der Waals surface area contributed by atoms with Gasteiger partial charge in [0.05, 0.1) is 17.1 Å². The zero-order chi connectivity index (χ0) is 12.8. The Morgan fingerprint density at radius 3 is 2.35 bits per heavy atom. The summed E-state index contributed by atoms with van der Waals surface area (Å²) < 4.78 is 27.2. The van der Waals surface area contributed by atoms with Crippen LogP contribution in [0.15, 0.2) is 12.1 Å². The molecule has 17 heavy (non-hydrogen) atoms. The summed E-state index contributed by atoms with van der Waals surface area (Å²) in [7, 11) is 0. The van der Waals surface area contributed by atoms with E-state index in [4.69, 9.17) is 5.26 Å². The summed E-state index contributed by atoms with van der Waals surface area (Å²) in [4.78, 5) is 0. The minimum absolute atomic E-state index is 0.0506. The van der Waals surface area contributed by atoms with Gasteiger partial charge in [-0.05, 0) is 44.4 Å². The molecule has 1 N–H and O–H groups in total. The largest absolute Gasteiger partial charge is 0.390 e. The third-order valence-corrected chi connectivity index (χ3v) is 3.34. The van der Waals surface area contributed by atoms with Gasteiger partial charge in [0.15, 0.2) is 0 Å². The molecule has 0 unspecified atom stereocenters. The molecule has 90 valence electrons. The molecule has 0 aliphatic heterocycles. The smallest absolute Gasteiger partial charge is 0.128 e. The first-order chi connectivity index (χ1) is 7.80. The quantitative estimate of drug-likeness (QED) is 0.815. The molecule has 0 bridgehead atoms. The first-order valence-electron chi connectivity index (χ1n) is 5.39. The lowest BCUT2D eigenvalue weighted by Gasteiger charge is -2.47. The van der Waals surface area contributed by atoms with Crippen molar-refractivity contribution >= 4 is 0 Å². The Labute approximate surface area is 98.5 Å². The van der Waals surface area contributed by atoms with Gasteiger partial charge in [0, 0.05) is 5.56 Å². The van der Waals surface area contributed by atoms with Crippen LogP contribution in [0, 0.1) is 29.9 Å². The molecule has 2 nitrogen and oxygen atoms in total. The summed E-state index contributed by atoms with van der Waals surface area (Å²) in [6, 6.07) is 4.17. The van der Waals surface area contributed by atoms with Crippen molar-refractivity contribution in [2.45, 2.75) is 37.7 Å². The molecule has 0 heterocycles. The fraction of sp³-hybridized carbons (Fsp3) is 0.462. The van der Waals surface area contributed by atoms with Gasteiger partial charge in [0.25, 0.3) is 0 Å². The Bertz CT molecular complexity index is 509. The van der Waals surface area contributed by atoms with Crippen LogP contribution in [0.4, 0.5) is 8.78 Å². The highest BCUT2D eigenvalue weighted by molar-refractivity contribution is 5.41. The number of nitriles is 1. The van der Waals surface area contributed by atoms with Crippen LogP contribution in [-0.4, -0.2) is 10.7 Å². The molecule has 0 aromatic heterocycles. The zero-order valence-electron chi connectivity index (χ0n) is 9.72. The van der Waals surface area contributed by atoms with E-state index in [0.29, 0.717) is 0 Å². The monoisotopic (exact) mass is 237 g/mol. The Kier molecular flexibility index (Phi) is 2.48. The molecule has 1 saturated carbocycles. The number of halogens is 2. The molecule has 1 aromatic carbocycles. The van der Waals surface area contributed by atoms with E-state index in [1.807, 2.05) is 6.07 Å². The predicted molar refractivity (Wildman–Crippen MR) is 58.2 cm³/mol. The summed E-state index contributed by atoms with van der Waals surface area (Å²) in [6.45, 7) is 3.06. The molecule has 1 aliphatic carbocycles. The van der Waals surface area contributed by atoms with Crippen LogP contribution in [-0.2, 0) is 5.41 Å². The van der Waals surface area contributed by atoms with E-state index in [-0.39, 0.29) is 24.0 Å². The standard InChI is InChI=1S/C13H13F2NO/c1-8-3-11(15)9(4-10(8)14)13(7-16)5-12(2,17)6-13/h3-4,17H,5-6H2,1-2H3.